The monoisotopic (exact) mass is 268 g/mol. The molecule has 0 aliphatic heterocycles. The maximum absolute atomic E-state index is 4.46. The van der Waals surface area contributed by atoms with Crippen LogP contribution in [0.5, 0.6) is 0 Å². The van der Waals surface area contributed by atoms with Crippen LogP contribution in [0.3, 0.4) is 0 Å². The summed E-state index contributed by atoms with van der Waals surface area (Å²) in [5, 5.41) is 13.1. The summed E-state index contributed by atoms with van der Waals surface area (Å²) in [7, 11) is 0. The Labute approximate surface area is 119 Å². The highest BCUT2D eigenvalue weighted by atomic mass is 15.4. The summed E-state index contributed by atoms with van der Waals surface area (Å²) >= 11 is 0. The molecule has 4 heteroatoms. The number of hydrogen-bond donors (Lipinski definition) is 0. The van der Waals surface area contributed by atoms with E-state index >= 15 is 0 Å². The van der Waals surface area contributed by atoms with Gasteiger partial charge in [0.05, 0.1) is 17.9 Å². The molecule has 0 spiro atoms. The zero-order valence-corrected chi connectivity index (χ0v) is 11.7. The fraction of sp³-hybridized carbons (Fsp3) is 0.438. The Bertz CT molecular complexity index is 551. The first-order valence-corrected chi connectivity index (χ1v) is 7.44. The third-order valence-corrected chi connectivity index (χ3v) is 3.84. The molecule has 3 rings (SSSR count). The topological polar surface area (TPSA) is 42.5 Å². The predicted octanol–water partition coefficient (Wildman–Crippen LogP) is 5.19. The first-order chi connectivity index (χ1) is 9.93. The van der Waals surface area contributed by atoms with E-state index in [1.54, 1.807) is 0 Å². The Hall–Kier alpha value is -1.97. The minimum absolute atomic E-state index is 0.484. The van der Waals surface area contributed by atoms with Crippen molar-refractivity contribution in [3.8, 4) is 0 Å². The molecule has 1 fully saturated rings. The second-order valence-electron chi connectivity index (χ2n) is 5.31. The lowest BCUT2D eigenvalue weighted by molar-refractivity contribution is 0.408. The molecular weight excluding hydrogens is 248 g/mol. The fourth-order valence-electron chi connectivity index (χ4n) is 2.77. The van der Waals surface area contributed by atoms with Gasteiger partial charge in [-0.05, 0) is 25.0 Å². The van der Waals surface area contributed by atoms with Crippen LogP contribution in [0, 0.1) is 0 Å². The van der Waals surface area contributed by atoms with Gasteiger partial charge in [-0.15, -0.1) is 10.2 Å². The molecule has 0 bridgehead atoms. The van der Waals surface area contributed by atoms with Crippen molar-refractivity contribution in [1.29, 1.82) is 0 Å². The number of azo groups is 1. The molecule has 0 saturated heterocycles. The molecule has 20 heavy (non-hydrogen) atoms. The molecule has 1 aliphatic rings. The molecule has 0 unspecified atom stereocenters. The summed E-state index contributed by atoms with van der Waals surface area (Å²) in [6, 6.07) is 12.3. The lowest BCUT2D eigenvalue weighted by Crippen LogP contribution is -2.09. The maximum Gasteiger partial charge on any atom is 0.173 e. The number of aromatic nitrogens is 2. The van der Waals surface area contributed by atoms with Crippen molar-refractivity contribution in [2.24, 2.45) is 10.2 Å². The summed E-state index contributed by atoms with van der Waals surface area (Å²) in [6.45, 7) is 0. The number of benzene rings is 1. The van der Waals surface area contributed by atoms with Crippen LogP contribution >= 0.6 is 0 Å². The van der Waals surface area contributed by atoms with Gasteiger partial charge in [0.25, 0.3) is 0 Å². The Morgan fingerprint density at radius 3 is 2.40 bits per heavy atom. The average Bonchev–Trinajstić information content (AvgIpc) is 2.79. The Balaban J connectivity index is 1.77. The van der Waals surface area contributed by atoms with E-state index in [9.17, 15) is 0 Å². The Morgan fingerprint density at radius 1 is 0.900 bits per heavy atom. The van der Waals surface area contributed by atoms with Gasteiger partial charge in [0.15, 0.2) is 5.82 Å². The van der Waals surface area contributed by atoms with Crippen molar-refractivity contribution in [3.05, 3.63) is 42.6 Å². The highest BCUT2D eigenvalue weighted by molar-refractivity contribution is 5.36. The van der Waals surface area contributed by atoms with Crippen LogP contribution in [0.15, 0.2) is 52.8 Å². The van der Waals surface area contributed by atoms with Crippen LogP contribution in [-0.4, -0.2) is 9.78 Å². The summed E-state index contributed by atoms with van der Waals surface area (Å²) in [5.41, 5.74) is 0.876. The predicted molar refractivity (Wildman–Crippen MR) is 79.6 cm³/mol. The van der Waals surface area contributed by atoms with Gasteiger partial charge in [-0.25, -0.2) is 4.68 Å². The number of hydrogen-bond acceptors (Lipinski definition) is 3. The normalized spacial score (nSPS) is 17.4. The molecule has 1 saturated carbocycles. The highest BCUT2D eigenvalue weighted by Crippen LogP contribution is 2.30. The fourth-order valence-corrected chi connectivity index (χ4v) is 2.77. The minimum Gasteiger partial charge on any atom is -0.243 e. The molecule has 1 aromatic carbocycles. The van der Waals surface area contributed by atoms with E-state index in [2.05, 4.69) is 20.0 Å². The quantitative estimate of drug-likeness (QED) is 0.557. The third kappa shape index (κ3) is 3.13. The van der Waals surface area contributed by atoms with Gasteiger partial charge in [0.1, 0.15) is 0 Å². The average molecular weight is 268 g/mol. The molecule has 0 N–H and O–H groups in total. The van der Waals surface area contributed by atoms with Crippen LogP contribution in [0.4, 0.5) is 11.5 Å². The van der Waals surface area contributed by atoms with Crippen LogP contribution < -0.4 is 0 Å². The largest absolute Gasteiger partial charge is 0.243 e. The van der Waals surface area contributed by atoms with E-state index in [4.69, 9.17) is 0 Å². The lowest BCUT2D eigenvalue weighted by atomic mass is 10.1. The molecule has 0 radical (unpaired) electrons. The lowest BCUT2D eigenvalue weighted by Gasteiger charge is -2.15. The second kappa shape index (κ2) is 6.46. The first kappa shape index (κ1) is 13.0. The summed E-state index contributed by atoms with van der Waals surface area (Å²) in [4.78, 5) is 0. The van der Waals surface area contributed by atoms with Crippen molar-refractivity contribution in [2.75, 3.05) is 0 Å². The van der Waals surface area contributed by atoms with Gasteiger partial charge in [0.2, 0.25) is 0 Å². The van der Waals surface area contributed by atoms with Crippen LogP contribution in [-0.2, 0) is 0 Å². The van der Waals surface area contributed by atoms with Crippen molar-refractivity contribution < 1.29 is 0 Å². The smallest absolute Gasteiger partial charge is 0.173 e. The van der Waals surface area contributed by atoms with Crippen molar-refractivity contribution in [2.45, 2.75) is 44.6 Å². The molecule has 1 heterocycles. The Kier molecular flexibility index (Phi) is 4.21. The van der Waals surface area contributed by atoms with E-state index in [1.165, 1.54) is 38.5 Å². The van der Waals surface area contributed by atoms with E-state index in [0.717, 1.165) is 11.5 Å². The molecule has 0 atom stereocenters. The van der Waals surface area contributed by atoms with Gasteiger partial charge in [-0.1, -0.05) is 43.9 Å². The van der Waals surface area contributed by atoms with Crippen LogP contribution in [0.1, 0.15) is 44.6 Å². The Morgan fingerprint density at radius 2 is 1.65 bits per heavy atom. The molecule has 4 nitrogen and oxygen atoms in total. The van der Waals surface area contributed by atoms with Crippen LogP contribution in [0.2, 0.25) is 0 Å². The van der Waals surface area contributed by atoms with Gasteiger partial charge < -0.3 is 0 Å². The summed E-state index contributed by atoms with van der Waals surface area (Å²) in [6.07, 6.45) is 9.51. The number of rotatable bonds is 3. The SMILES string of the molecule is c1ccc(/N=N/c2ccnn2C2CCCCCC2)cc1. The van der Waals surface area contributed by atoms with Gasteiger partial charge in [-0.3, -0.25) is 0 Å². The number of nitrogens with zero attached hydrogens (tertiary/aromatic N) is 4. The second-order valence-corrected chi connectivity index (χ2v) is 5.31. The molecular formula is C16H20N4. The van der Waals surface area contributed by atoms with Gasteiger partial charge in [-0.2, -0.15) is 5.10 Å². The third-order valence-electron chi connectivity index (χ3n) is 3.84. The molecule has 104 valence electrons. The van der Waals surface area contributed by atoms with Crippen molar-refractivity contribution >= 4 is 11.5 Å². The summed E-state index contributed by atoms with van der Waals surface area (Å²) < 4.78 is 2.05. The van der Waals surface area contributed by atoms with Gasteiger partial charge in [0, 0.05) is 6.07 Å². The van der Waals surface area contributed by atoms with Gasteiger partial charge >= 0.3 is 0 Å². The van der Waals surface area contributed by atoms with E-state index in [0.29, 0.717) is 6.04 Å². The minimum atomic E-state index is 0.484. The molecule has 1 aliphatic carbocycles. The zero-order chi connectivity index (χ0) is 13.6. The molecule has 2 aromatic rings. The first-order valence-electron chi connectivity index (χ1n) is 7.44. The zero-order valence-electron chi connectivity index (χ0n) is 11.7. The van der Waals surface area contributed by atoms with E-state index < -0.39 is 0 Å². The van der Waals surface area contributed by atoms with Crippen molar-refractivity contribution in [3.63, 3.8) is 0 Å². The molecule has 1 aromatic heterocycles. The van der Waals surface area contributed by atoms with E-state index in [-0.39, 0.29) is 0 Å². The summed E-state index contributed by atoms with van der Waals surface area (Å²) in [5.74, 6) is 0.862. The standard InChI is InChI=1S/C16H20N4/c1-2-7-11-15(10-6-1)20-16(12-13-17-20)19-18-14-8-4-3-5-9-14/h3-5,8-9,12-13,15H,1-2,6-7,10-11H2/b19-18+. The maximum atomic E-state index is 4.46. The van der Waals surface area contributed by atoms with Crippen LogP contribution in [0.25, 0.3) is 0 Å². The molecule has 0 amide bonds. The van der Waals surface area contributed by atoms with Crippen molar-refractivity contribution in [1.82, 2.24) is 9.78 Å². The van der Waals surface area contributed by atoms with E-state index in [1.807, 2.05) is 42.6 Å². The highest BCUT2D eigenvalue weighted by Gasteiger charge is 2.17.